The van der Waals surface area contributed by atoms with Gasteiger partial charge in [-0.05, 0) is 24.3 Å². The standard InChI is InChI=1S/C18H11F6NO7S2/c1-31-16(26)14-15(32-34(29,30)18(22,23)24)10-6-2-5-9-13(10)33(27,28)25(14)12-8-4-3-7-11(12)17(19,20)21/h2-9H,1H3. The lowest BCUT2D eigenvalue weighted by molar-refractivity contribution is -0.138. The van der Waals surface area contributed by atoms with E-state index in [-0.39, 0.29) is 4.31 Å². The van der Waals surface area contributed by atoms with Crippen LogP contribution < -0.4 is 4.31 Å². The maximum absolute atomic E-state index is 13.7. The quantitative estimate of drug-likeness (QED) is 0.257. The summed E-state index contributed by atoms with van der Waals surface area (Å²) in [6, 6.07) is 6.66. The Bertz CT molecular complexity index is 1400. The van der Waals surface area contributed by atoms with Gasteiger partial charge in [0.25, 0.3) is 10.0 Å². The van der Waals surface area contributed by atoms with Crippen LogP contribution in [0, 0.1) is 0 Å². The first-order chi connectivity index (χ1) is 15.5. The molecule has 0 aromatic heterocycles. The number of hydrogen-bond acceptors (Lipinski definition) is 7. The van der Waals surface area contributed by atoms with Crippen molar-refractivity contribution in [3.8, 4) is 0 Å². The van der Waals surface area contributed by atoms with E-state index in [9.17, 15) is 48.0 Å². The third kappa shape index (κ3) is 4.18. The summed E-state index contributed by atoms with van der Waals surface area (Å²) in [7, 11) is -11.0. The Balaban J connectivity index is 2.51. The van der Waals surface area contributed by atoms with Crippen molar-refractivity contribution < 1.29 is 56.9 Å². The van der Waals surface area contributed by atoms with Crippen LogP contribution in [0.25, 0.3) is 5.76 Å². The minimum Gasteiger partial charge on any atom is -0.464 e. The molecular formula is C18H11F6NO7S2. The van der Waals surface area contributed by atoms with Crippen LogP contribution in [0.2, 0.25) is 0 Å². The van der Waals surface area contributed by atoms with Crippen LogP contribution in [0.5, 0.6) is 0 Å². The van der Waals surface area contributed by atoms with Crippen LogP contribution in [-0.2, 0) is 40.0 Å². The fourth-order valence-corrected chi connectivity index (χ4v) is 5.16. The van der Waals surface area contributed by atoms with E-state index in [2.05, 4.69) is 8.92 Å². The minimum atomic E-state index is -6.51. The molecule has 0 unspecified atom stereocenters. The molecule has 0 N–H and O–H groups in total. The van der Waals surface area contributed by atoms with Gasteiger partial charge in [0.1, 0.15) is 0 Å². The molecule has 2 aromatic rings. The number of benzene rings is 2. The van der Waals surface area contributed by atoms with E-state index < -0.39 is 71.0 Å². The zero-order valence-electron chi connectivity index (χ0n) is 16.5. The predicted octanol–water partition coefficient (Wildman–Crippen LogP) is 3.62. The maximum atomic E-state index is 13.7. The van der Waals surface area contributed by atoms with Crippen molar-refractivity contribution in [2.75, 3.05) is 11.4 Å². The Kier molecular flexibility index (Phi) is 6.11. The second-order valence-corrected chi connectivity index (χ2v) is 9.73. The highest BCUT2D eigenvalue weighted by Crippen LogP contribution is 2.46. The number of sulfonamides is 1. The monoisotopic (exact) mass is 531 g/mol. The molecule has 8 nitrogen and oxygen atoms in total. The van der Waals surface area contributed by atoms with Gasteiger partial charge in [-0.25, -0.2) is 17.5 Å². The number of hydrogen-bond donors (Lipinski definition) is 0. The molecule has 0 aliphatic carbocycles. The number of rotatable bonds is 4. The molecule has 1 aliphatic heterocycles. The van der Waals surface area contributed by atoms with Crippen molar-refractivity contribution in [3.63, 3.8) is 0 Å². The van der Waals surface area contributed by atoms with Crippen LogP contribution >= 0.6 is 0 Å². The molecule has 0 spiro atoms. The highest BCUT2D eigenvalue weighted by atomic mass is 32.2. The molecule has 1 aliphatic rings. The summed E-state index contributed by atoms with van der Waals surface area (Å²) in [5.74, 6) is -3.28. The van der Waals surface area contributed by atoms with Crippen molar-refractivity contribution in [2.45, 2.75) is 16.6 Å². The molecule has 0 fully saturated rings. The predicted molar refractivity (Wildman–Crippen MR) is 103 cm³/mol. The molecular weight excluding hydrogens is 520 g/mol. The topological polar surface area (TPSA) is 107 Å². The van der Waals surface area contributed by atoms with E-state index in [0.717, 1.165) is 36.4 Å². The third-order valence-corrected chi connectivity index (χ3v) is 7.08. The summed E-state index contributed by atoms with van der Waals surface area (Å²) >= 11 is 0. The molecule has 0 amide bonds. The third-order valence-electron chi connectivity index (χ3n) is 4.35. The highest BCUT2D eigenvalue weighted by Gasteiger charge is 2.52. The molecule has 0 atom stereocenters. The first-order valence-electron chi connectivity index (χ1n) is 8.68. The lowest BCUT2D eigenvalue weighted by Gasteiger charge is -2.33. The van der Waals surface area contributed by atoms with E-state index in [0.29, 0.717) is 19.2 Å². The zero-order valence-corrected chi connectivity index (χ0v) is 18.1. The number of carbonyl (C=O) groups excluding carboxylic acids is 1. The van der Waals surface area contributed by atoms with Crippen molar-refractivity contribution in [1.29, 1.82) is 0 Å². The zero-order chi connectivity index (χ0) is 25.7. The van der Waals surface area contributed by atoms with E-state index in [1.54, 1.807) is 0 Å². The molecule has 3 rings (SSSR count). The van der Waals surface area contributed by atoms with Crippen LogP contribution in [0.4, 0.5) is 32.0 Å². The number of ether oxygens (including phenoxy) is 1. The van der Waals surface area contributed by atoms with Gasteiger partial charge in [-0.3, -0.25) is 0 Å². The van der Waals surface area contributed by atoms with Gasteiger partial charge in [-0.1, -0.05) is 24.3 Å². The fraction of sp³-hybridized carbons (Fsp3) is 0.167. The average molecular weight is 531 g/mol. The summed E-state index contributed by atoms with van der Waals surface area (Å²) in [6.07, 6.45) is -5.19. The number of alkyl halides is 6. The summed E-state index contributed by atoms with van der Waals surface area (Å²) in [5, 5.41) is 0. The van der Waals surface area contributed by atoms with Crippen molar-refractivity contribution in [2.24, 2.45) is 0 Å². The largest absolute Gasteiger partial charge is 0.534 e. The Morgan fingerprint density at radius 2 is 1.50 bits per heavy atom. The number of methoxy groups -OCH3 is 1. The Labute approximate surface area is 188 Å². The van der Waals surface area contributed by atoms with Gasteiger partial charge in [0, 0.05) is 5.56 Å². The molecule has 2 aromatic carbocycles. The number of fused-ring (bicyclic) bond motifs is 1. The molecule has 0 saturated heterocycles. The number of carbonyl (C=O) groups is 1. The molecule has 184 valence electrons. The normalized spacial score (nSPS) is 16.1. The van der Waals surface area contributed by atoms with Crippen molar-refractivity contribution in [3.05, 3.63) is 65.4 Å². The SMILES string of the molecule is COC(=O)C1=C(OS(=O)(=O)C(F)(F)F)c2ccccc2S(=O)(=O)N1c1ccccc1C(F)(F)F. The second-order valence-electron chi connectivity index (χ2n) is 6.43. The lowest BCUT2D eigenvalue weighted by atomic mass is 10.1. The highest BCUT2D eigenvalue weighted by molar-refractivity contribution is 7.93. The van der Waals surface area contributed by atoms with Crippen LogP contribution in [0.1, 0.15) is 11.1 Å². The minimum absolute atomic E-state index is 0.259. The Morgan fingerprint density at radius 1 is 0.941 bits per heavy atom. The molecule has 0 radical (unpaired) electrons. The van der Waals surface area contributed by atoms with E-state index in [1.165, 1.54) is 0 Å². The number of esters is 1. The summed E-state index contributed by atoms with van der Waals surface area (Å²) < 4.78 is 138. The first kappa shape index (κ1) is 25.4. The van der Waals surface area contributed by atoms with Gasteiger partial charge in [0.05, 0.1) is 23.3 Å². The Morgan fingerprint density at radius 3 is 2.06 bits per heavy atom. The fourth-order valence-electron chi connectivity index (χ4n) is 2.97. The van der Waals surface area contributed by atoms with Gasteiger partial charge in [0.15, 0.2) is 11.5 Å². The second kappa shape index (κ2) is 8.19. The number of halogens is 6. The average Bonchev–Trinajstić information content (AvgIpc) is 2.73. The molecule has 0 bridgehead atoms. The van der Waals surface area contributed by atoms with Crippen LogP contribution in [-0.4, -0.2) is 35.4 Å². The van der Waals surface area contributed by atoms with Gasteiger partial charge < -0.3 is 8.92 Å². The summed E-state index contributed by atoms with van der Waals surface area (Å²) in [6.45, 7) is 0. The number of anilines is 1. The van der Waals surface area contributed by atoms with Crippen LogP contribution in [0.15, 0.2) is 59.1 Å². The number of para-hydroxylation sites is 1. The maximum Gasteiger partial charge on any atom is 0.534 e. The Hall–Kier alpha value is -3.27. The van der Waals surface area contributed by atoms with Gasteiger partial charge in [-0.2, -0.15) is 34.8 Å². The van der Waals surface area contributed by atoms with Crippen LogP contribution in [0.3, 0.4) is 0 Å². The lowest BCUT2D eigenvalue weighted by Crippen LogP contribution is -2.40. The number of nitrogens with zero attached hydrogens (tertiary/aromatic N) is 1. The van der Waals surface area contributed by atoms with Crippen molar-refractivity contribution >= 4 is 37.6 Å². The van der Waals surface area contributed by atoms with E-state index in [4.69, 9.17) is 0 Å². The van der Waals surface area contributed by atoms with Crippen molar-refractivity contribution in [1.82, 2.24) is 0 Å². The van der Waals surface area contributed by atoms with Gasteiger partial charge in [-0.15, -0.1) is 0 Å². The molecule has 1 heterocycles. The van der Waals surface area contributed by atoms with E-state index >= 15 is 0 Å². The van der Waals surface area contributed by atoms with E-state index in [1.807, 2.05) is 0 Å². The molecule has 0 saturated carbocycles. The van der Waals surface area contributed by atoms with Gasteiger partial charge in [0.2, 0.25) is 0 Å². The molecule has 34 heavy (non-hydrogen) atoms. The smallest absolute Gasteiger partial charge is 0.464 e. The van der Waals surface area contributed by atoms with Gasteiger partial charge >= 0.3 is 27.8 Å². The molecule has 16 heteroatoms. The first-order valence-corrected chi connectivity index (χ1v) is 11.5. The summed E-state index contributed by atoms with van der Waals surface area (Å²) in [4.78, 5) is 11.6. The summed E-state index contributed by atoms with van der Waals surface area (Å²) in [5.41, 5.74) is -11.2.